The molecule has 2 heterocycles. The number of nitrogens with one attached hydrogen (secondary N) is 1. The highest BCUT2D eigenvalue weighted by Gasteiger charge is 2.26. The fraction of sp³-hybridized carbons (Fsp3) is 0.176. The van der Waals surface area contributed by atoms with Crippen LogP contribution >= 0.6 is 18.9 Å². The van der Waals surface area contributed by atoms with E-state index in [1.807, 2.05) is 6.07 Å². The van der Waals surface area contributed by atoms with Crippen molar-refractivity contribution in [3.05, 3.63) is 48.3 Å². The topological polar surface area (TPSA) is 165 Å². The molecule has 0 aliphatic carbocycles. The van der Waals surface area contributed by atoms with Gasteiger partial charge in [-0.2, -0.15) is 9.98 Å². The fourth-order valence-electron chi connectivity index (χ4n) is 2.39. The van der Waals surface area contributed by atoms with E-state index < -0.39 is 23.9 Å². The van der Waals surface area contributed by atoms with Gasteiger partial charge in [0, 0.05) is 17.4 Å². The number of hydrogen-bond donors (Lipinski definition) is 3. The molecule has 4 N–H and O–H groups in total. The average Bonchev–Trinajstić information content (AvgIpc) is 3.14. The molecule has 0 bridgehead atoms. The summed E-state index contributed by atoms with van der Waals surface area (Å²) in [5, 5.41) is 9.82. The average molecular weight is 468 g/mol. The first-order valence-electron chi connectivity index (χ1n) is 8.46. The number of fused-ring (bicyclic) bond motifs is 1. The molecule has 1 atom stereocenters. The molecule has 1 unspecified atom stereocenters. The lowest BCUT2D eigenvalue weighted by Gasteiger charge is -2.13. The van der Waals surface area contributed by atoms with Gasteiger partial charge < -0.3 is 19.9 Å². The third-order valence-electron chi connectivity index (χ3n) is 3.69. The van der Waals surface area contributed by atoms with Crippen molar-refractivity contribution in [1.82, 2.24) is 9.71 Å². The number of aromatic nitrogens is 1. The zero-order chi connectivity index (χ0) is 21.8. The van der Waals surface area contributed by atoms with Gasteiger partial charge in [-0.1, -0.05) is 0 Å². The molecule has 2 aromatic heterocycles. The second-order valence-electron chi connectivity index (χ2n) is 5.92. The van der Waals surface area contributed by atoms with E-state index in [9.17, 15) is 23.1 Å². The van der Waals surface area contributed by atoms with E-state index in [4.69, 9.17) is 15.0 Å². The van der Waals surface area contributed by atoms with Crippen molar-refractivity contribution in [1.29, 1.82) is 5.26 Å². The number of benzene rings is 1. The minimum atomic E-state index is -4.30. The van der Waals surface area contributed by atoms with Gasteiger partial charge in [0.05, 0.1) is 11.8 Å². The maximum absolute atomic E-state index is 12.6. The van der Waals surface area contributed by atoms with Crippen molar-refractivity contribution in [2.75, 3.05) is 19.4 Å². The molecule has 0 saturated heterocycles. The summed E-state index contributed by atoms with van der Waals surface area (Å²) in [5.41, 5.74) is 5.66. The standard InChI is InChI=1S/C17H17N4O6PS2/c18-3-5-26-15-6-12-8-17(29-16(12)7-13(15)9-19)30(24,25)21-11-28(22,23)27-14-2-1-4-20-10-14/h1-2,4,6-8,10,21H,3,5,11,18H2,(H,22,23). The SMILES string of the molecule is N#Cc1cc2sc(S(=O)(=O)NCP(=O)(O)Oc3cccnc3)cc2cc1OCCN. The molecule has 10 nitrogen and oxygen atoms in total. The van der Waals surface area contributed by atoms with Crippen LogP contribution in [0.1, 0.15) is 5.56 Å². The Kier molecular flexibility index (Phi) is 6.72. The van der Waals surface area contributed by atoms with Crippen LogP contribution in [0.5, 0.6) is 11.5 Å². The van der Waals surface area contributed by atoms with Crippen LogP contribution < -0.4 is 19.7 Å². The van der Waals surface area contributed by atoms with Crippen molar-refractivity contribution >= 4 is 39.0 Å². The molecule has 3 aromatic rings. The monoisotopic (exact) mass is 468 g/mol. The van der Waals surface area contributed by atoms with Crippen LogP contribution in [0, 0.1) is 11.3 Å². The number of rotatable bonds is 9. The summed E-state index contributed by atoms with van der Waals surface area (Å²) in [5.74, 6) is 0.341. The Bertz CT molecular complexity index is 1240. The van der Waals surface area contributed by atoms with Crippen molar-refractivity contribution < 1.29 is 27.1 Å². The molecule has 0 radical (unpaired) electrons. The molecule has 3 rings (SSSR count). The summed E-state index contributed by atoms with van der Waals surface area (Å²) in [6.07, 6.45) is 1.87. The molecule has 0 spiro atoms. The first-order valence-corrected chi connectivity index (χ1v) is 12.5. The predicted molar refractivity (Wildman–Crippen MR) is 111 cm³/mol. The van der Waals surface area contributed by atoms with Crippen molar-refractivity contribution in [3.8, 4) is 17.6 Å². The van der Waals surface area contributed by atoms with Crippen LogP contribution in [0.2, 0.25) is 0 Å². The molecule has 0 aliphatic heterocycles. The van der Waals surface area contributed by atoms with Gasteiger partial charge in [-0.05, 0) is 35.7 Å². The van der Waals surface area contributed by atoms with E-state index in [1.165, 1.54) is 36.7 Å². The van der Waals surface area contributed by atoms with E-state index in [1.54, 1.807) is 6.07 Å². The third kappa shape index (κ3) is 5.34. The van der Waals surface area contributed by atoms with Gasteiger partial charge in [0.1, 0.15) is 34.7 Å². The molecule has 1 aromatic carbocycles. The summed E-state index contributed by atoms with van der Waals surface area (Å²) in [6, 6.07) is 9.40. The highest BCUT2D eigenvalue weighted by atomic mass is 32.2. The summed E-state index contributed by atoms with van der Waals surface area (Å²) >= 11 is 0.917. The van der Waals surface area contributed by atoms with E-state index in [-0.39, 0.29) is 28.7 Å². The van der Waals surface area contributed by atoms with Crippen LogP contribution in [0.15, 0.2) is 46.9 Å². The smallest absolute Gasteiger partial charge is 0.391 e. The molecule has 0 aliphatic rings. The molecule has 158 valence electrons. The van der Waals surface area contributed by atoms with E-state index in [2.05, 4.69) is 9.71 Å². The van der Waals surface area contributed by atoms with Crippen LogP contribution in [0.25, 0.3) is 10.1 Å². The van der Waals surface area contributed by atoms with E-state index >= 15 is 0 Å². The van der Waals surface area contributed by atoms with Gasteiger partial charge in [0.25, 0.3) is 10.0 Å². The first kappa shape index (κ1) is 22.2. The molecular formula is C17H17N4O6PS2. The molecular weight excluding hydrogens is 451 g/mol. The Morgan fingerprint density at radius 3 is 2.83 bits per heavy atom. The highest BCUT2D eigenvalue weighted by molar-refractivity contribution is 7.92. The largest absolute Gasteiger partial charge is 0.491 e. The number of hydrogen-bond acceptors (Lipinski definition) is 9. The Hall–Kier alpha value is -2.52. The second kappa shape index (κ2) is 9.09. The first-order chi connectivity index (χ1) is 14.2. The third-order valence-corrected chi connectivity index (χ3v) is 7.93. The Morgan fingerprint density at radius 2 is 2.17 bits per heavy atom. The molecule has 13 heteroatoms. The number of nitrogens with zero attached hydrogens (tertiary/aromatic N) is 2. The van der Waals surface area contributed by atoms with Crippen LogP contribution in [0.4, 0.5) is 0 Å². The Balaban J connectivity index is 1.80. The summed E-state index contributed by atoms with van der Waals surface area (Å²) in [6.45, 7) is 0.470. The number of nitrogens with two attached hydrogens (primary N) is 1. The van der Waals surface area contributed by atoms with Gasteiger partial charge in [-0.25, -0.2) is 13.0 Å². The van der Waals surface area contributed by atoms with Crippen molar-refractivity contribution in [2.24, 2.45) is 5.73 Å². The second-order valence-corrected chi connectivity index (χ2v) is 10.8. The zero-order valence-electron chi connectivity index (χ0n) is 15.4. The van der Waals surface area contributed by atoms with Crippen LogP contribution in [0.3, 0.4) is 0 Å². The quantitative estimate of drug-likeness (QED) is 0.398. The van der Waals surface area contributed by atoms with Crippen molar-refractivity contribution in [3.63, 3.8) is 0 Å². The van der Waals surface area contributed by atoms with Gasteiger partial charge in [-0.3, -0.25) is 4.98 Å². The minimum Gasteiger partial charge on any atom is -0.491 e. The fourth-order valence-corrected chi connectivity index (χ4v) is 6.34. The number of pyridine rings is 1. The molecule has 30 heavy (non-hydrogen) atoms. The number of ether oxygens (including phenoxy) is 1. The van der Waals surface area contributed by atoms with Crippen LogP contribution in [-0.2, 0) is 14.6 Å². The lowest BCUT2D eigenvalue weighted by molar-refractivity contribution is 0.328. The Labute approximate surface area is 176 Å². The Morgan fingerprint density at radius 1 is 1.37 bits per heavy atom. The summed E-state index contributed by atoms with van der Waals surface area (Å²) in [7, 11) is -8.40. The van der Waals surface area contributed by atoms with Crippen molar-refractivity contribution in [2.45, 2.75) is 4.21 Å². The van der Waals surface area contributed by atoms with Crippen LogP contribution in [-0.4, -0.2) is 37.7 Å². The minimum absolute atomic E-state index is 0.0402. The lowest BCUT2D eigenvalue weighted by atomic mass is 10.2. The normalized spacial score (nSPS) is 13.5. The van der Waals surface area contributed by atoms with E-state index in [0.29, 0.717) is 15.8 Å². The summed E-state index contributed by atoms with van der Waals surface area (Å²) < 4.78 is 50.3. The predicted octanol–water partition coefficient (Wildman–Crippen LogP) is 2.01. The lowest BCUT2D eigenvalue weighted by Crippen LogP contribution is -2.25. The maximum Gasteiger partial charge on any atom is 0.391 e. The maximum atomic E-state index is 12.6. The molecule has 0 saturated carbocycles. The van der Waals surface area contributed by atoms with Gasteiger partial charge >= 0.3 is 7.60 Å². The molecule has 0 amide bonds. The van der Waals surface area contributed by atoms with E-state index in [0.717, 1.165) is 11.3 Å². The number of sulfonamides is 1. The highest BCUT2D eigenvalue weighted by Crippen LogP contribution is 2.42. The zero-order valence-corrected chi connectivity index (χ0v) is 17.9. The molecule has 0 fully saturated rings. The number of thiophene rings is 1. The van der Waals surface area contributed by atoms with Gasteiger partial charge in [0.2, 0.25) is 0 Å². The van der Waals surface area contributed by atoms with Gasteiger partial charge in [-0.15, -0.1) is 11.3 Å². The summed E-state index contributed by atoms with van der Waals surface area (Å²) in [4.78, 5) is 13.7. The number of nitriles is 1. The van der Waals surface area contributed by atoms with Gasteiger partial charge in [0.15, 0.2) is 0 Å².